The molecule has 1 aromatic rings. The monoisotopic (exact) mass is 380 g/mol. The molecule has 1 aliphatic heterocycles. The lowest BCUT2D eigenvalue weighted by atomic mass is 10.0. The first kappa shape index (κ1) is 18.9. The number of halogens is 6. The molecule has 0 aromatic heterocycles. The maximum Gasteiger partial charge on any atom is 0.401 e. The normalized spacial score (nSPS) is 22.8. The van der Waals surface area contributed by atoms with E-state index in [0.29, 0.717) is 37.1 Å². The molecule has 1 N–H and O–H groups in total. The molecule has 1 fully saturated rings. The third-order valence-electron chi connectivity index (χ3n) is 4.64. The minimum atomic E-state index is -4.27. The Hall–Kier alpha value is -1.90. The third kappa shape index (κ3) is 4.44. The van der Waals surface area contributed by atoms with Gasteiger partial charge in [0.05, 0.1) is 6.54 Å². The van der Waals surface area contributed by atoms with Crippen molar-refractivity contribution in [3.8, 4) is 5.75 Å². The quantitative estimate of drug-likeness (QED) is 0.770. The van der Waals surface area contributed by atoms with E-state index in [9.17, 15) is 26.3 Å². The van der Waals surface area contributed by atoms with Crippen LogP contribution in [0.4, 0.5) is 32.0 Å². The van der Waals surface area contributed by atoms with Gasteiger partial charge in [-0.1, -0.05) is 12.2 Å². The fourth-order valence-electron chi connectivity index (χ4n) is 3.55. The zero-order valence-corrected chi connectivity index (χ0v) is 13.7. The van der Waals surface area contributed by atoms with Crippen molar-refractivity contribution in [1.82, 2.24) is 5.32 Å². The molecule has 1 saturated carbocycles. The second kappa shape index (κ2) is 7.38. The molecule has 2 aliphatic rings. The number of benzene rings is 1. The highest BCUT2D eigenvalue weighted by Gasteiger charge is 2.34. The van der Waals surface area contributed by atoms with Crippen LogP contribution in [0.15, 0.2) is 18.2 Å². The Morgan fingerprint density at radius 1 is 1.23 bits per heavy atom. The molecule has 0 radical (unpaired) electrons. The number of hydrogen-bond acceptors (Lipinski definition) is 3. The number of anilines is 1. The average Bonchev–Trinajstić information content (AvgIpc) is 3.01. The number of alkyl halides is 5. The maximum absolute atomic E-state index is 13.9. The molecule has 0 spiro atoms. The van der Waals surface area contributed by atoms with Gasteiger partial charge in [0.25, 0.3) is 0 Å². The van der Waals surface area contributed by atoms with E-state index in [2.05, 4.69) is 10.1 Å². The Balaban J connectivity index is 1.74. The first-order valence-corrected chi connectivity index (χ1v) is 8.24. The molecule has 1 heterocycles. The van der Waals surface area contributed by atoms with Crippen molar-refractivity contribution in [2.45, 2.75) is 44.1 Å². The molecule has 26 heavy (non-hydrogen) atoms. The average molecular weight is 380 g/mol. The molecule has 3 rings (SSSR count). The van der Waals surface area contributed by atoms with Crippen molar-refractivity contribution in [2.75, 3.05) is 18.0 Å². The van der Waals surface area contributed by atoms with Crippen molar-refractivity contribution >= 4 is 11.8 Å². The van der Waals surface area contributed by atoms with Gasteiger partial charge in [0.1, 0.15) is 0 Å². The minimum Gasteiger partial charge on any atom is -0.432 e. The summed E-state index contributed by atoms with van der Waals surface area (Å²) in [6.45, 7) is -3.71. The van der Waals surface area contributed by atoms with Crippen LogP contribution >= 0.6 is 0 Å². The van der Waals surface area contributed by atoms with Gasteiger partial charge in [-0.15, -0.1) is 0 Å². The summed E-state index contributed by atoms with van der Waals surface area (Å²) in [6.07, 6.45) is 0.966. The molecular weight excluding hydrogens is 362 g/mol. The van der Waals surface area contributed by atoms with Crippen LogP contribution in [0.1, 0.15) is 24.8 Å². The zero-order chi connectivity index (χ0) is 18.9. The SMILES string of the molecule is Fc1cc2c(cc1OC(F)F)N([C@@H]1CC[C@@H](NCC(F)(F)F)C1)CC=C2. The highest BCUT2D eigenvalue weighted by atomic mass is 19.4. The van der Waals surface area contributed by atoms with Crippen LogP contribution in [0, 0.1) is 5.82 Å². The van der Waals surface area contributed by atoms with E-state index in [1.807, 2.05) is 11.0 Å². The predicted octanol–water partition coefficient (Wildman–Crippen LogP) is 4.33. The Morgan fingerprint density at radius 2 is 2.00 bits per heavy atom. The summed E-state index contributed by atoms with van der Waals surface area (Å²) in [6, 6.07) is 2.03. The molecule has 0 bridgehead atoms. The molecule has 2 atom stereocenters. The Kier molecular flexibility index (Phi) is 5.36. The van der Waals surface area contributed by atoms with E-state index in [-0.39, 0.29) is 12.1 Å². The lowest BCUT2D eigenvalue weighted by molar-refractivity contribution is -0.126. The second-order valence-corrected chi connectivity index (χ2v) is 6.43. The van der Waals surface area contributed by atoms with Gasteiger partial charge < -0.3 is 15.0 Å². The summed E-state index contributed by atoms with van der Waals surface area (Å²) in [5.41, 5.74) is 1.08. The smallest absolute Gasteiger partial charge is 0.401 e. The van der Waals surface area contributed by atoms with Gasteiger partial charge in [-0.3, -0.25) is 0 Å². The lowest BCUT2D eigenvalue weighted by Gasteiger charge is -2.34. The largest absolute Gasteiger partial charge is 0.432 e. The standard InChI is InChI=1S/C17H18F6N2O/c18-13-6-10-2-1-5-25(14(10)8-15(13)26-16(19)20)12-4-3-11(7-12)24-9-17(21,22)23/h1-2,6,8,11-12,16,24H,3-5,7,9H2/t11-,12-/m1/s1. The van der Waals surface area contributed by atoms with E-state index in [0.717, 1.165) is 6.07 Å². The number of ether oxygens (including phenoxy) is 1. The van der Waals surface area contributed by atoms with E-state index in [1.54, 1.807) is 6.08 Å². The summed E-state index contributed by atoms with van der Waals surface area (Å²) in [4.78, 5) is 1.91. The first-order chi connectivity index (χ1) is 12.2. The van der Waals surface area contributed by atoms with Gasteiger partial charge in [-0.2, -0.15) is 22.0 Å². The van der Waals surface area contributed by atoms with E-state index >= 15 is 0 Å². The van der Waals surface area contributed by atoms with Crippen molar-refractivity contribution in [3.05, 3.63) is 29.6 Å². The molecular formula is C17H18F6N2O. The van der Waals surface area contributed by atoms with Crippen LogP contribution in [0.3, 0.4) is 0 Å². The highest BCUT2D eigenvalue weighted by Crippen LogP contribution is 2.37. The molecule has 3 nitrogen and oxygen atoms in total. The van der Waals surface area contributed by atoms with Crippen LogP contribution < -0.4 is 15.0 Å². The van der Waals surface area contributed by atoms with Crippen LogP contribution in [-0.2, 0) is 0 Å². The van der Waals surface area contributed by atoms with Gasteiger partial charge in [0.2, 0.25) is 0 Å². The summed E-state index contributed by atoms with van der Waals surface area (Å²) in [7, 11) is 0. The van der Waals surface area contributed by atoms with E-state index in [4.69, 9.17) is 0 Å². The number of hydrogen-bond donors (Lipinski definition) is 1. The molecule has 144 valence electrons. The summed E-state index contributed by atoms with van der Waals surface area (Å²) >= 11 is 0. The Morgan fingerprint density at radius 3 is 2.69 bits per heavy atom. The number of fused-ring (bicyclic) bond motifs is 1. The van der Waals surface area contributed by atoms with Crippen molar-refractivity contribution in [3.63, 3.8) is 0 Å². The zero-order valence-electron chi connectivity index (χ0n) is 13.7. The van der Waals surface area contributed by atoms with Gasteiger partial charge in [0.15, 0.2) is 11.6 Å². The van der Waals surface area contributed by atoms with Crippen LogP contribution in [-0.4, -0.2) is 38.0 Å². The fraction of sp³-hybridized carbons (Fsp3) is 0.529. The molecule has 9 heteroatoms. The summed E-state index contributed by atoms with van der Waals surface area (Å²) in [5, 5.41) is 2.51. The van der Waals surface area contributed by atoms with E-state index < -0.39 is 30.9 Å². The summed E-state index contributed by atoms with van der Waals surface area (Å²) < 4.78 is 80.1. The number of nitrogens with one attached hydrogen (secondary N) is 1. The van der Waals surface area contributed by atoms with E-state index in [1.165, 1.54) is 6.07 Å². The molecule has 0 amide bonds. The van der Waals surface area contributed by atoms with Crippen LogP contribution in [0.5, 0.6) is 5.75 Å². The summed E-state index contributed by atoms with van der Waals surface area (Å²) in [5.74, 6) is -1.42. The van der Waals surface area contributed by atoms with Gasteiger partial charge in [0, 0.05) is 35.9 Å². The minimum absolute atomic E-state index is 0.0608. The fourth-order valence-corrected chi connectivity index (χ4v) is 3.55. The van der Waals surface area contributed by atoms with Crippen molar-refractivity contribution in [2.24, 2.45) is 0 Å². The van der Waals surface area contributed by atoms with Crippen LogP contribution in [0.2, 0.25) is 0 Å². The third-order valence-corrected chi connectivity index (χ3v) is 4.64. The molecule has 0 saturated heterocycles. The number of rotatable bonds is 5. The van der Waals surface area contributed by atoms with Crippen molar-refractivity contribution < 1.29 is 31.1 Å². The molecule has 0 unspecified atom stereocenters. The van der Waals surface area contributed by atoms with Crippen LogP contribution in [0.25, 0.3) is 6.08 Å². The number of nitrogens with zero attached hydrogens (tertiary/aromatic N) is 1. The van der Waals surface area contributed by atoms with Crippen molar-refractivity contribution in [1.29, 1.82) is 0 Å². The first-order valence-electron chi connectivity index (χ1n) is 8.24. The lowest BCUT2D eigenvalue weighted by Crippen LogP contribution is -2.39. The Labute approximate surface area is 146 Å². The predicted molar refractivity (Wildman–Crippen MR) is 84.9 cm³/mol. The highest BCUT2D eigenvalue weighted by molar-refractivity contribution is 5.73. The Bertz CT molecular complexity index is 676. The topological polar surface area (TPSA) is 24.5 Å². The van der Waals surface area contributed by atoms with Gasteiger partial charge in [-0.05, 0) is 25.3 Å². The second-order valence-electron chi connectivity index (χ2n) is 6.43. The maximum atomic E-state index is 13.9. The molecule has 1 aromatic carbocycles. The van der Waals surface area contributed by atoms with Gasteiger partial charge in [-0.25, -0.2) is 4.39 Å². The van der Waals surface area contributed by atoms with Gasteiger partial charge >= 0.3 is 12.8 Å². The molecule has 1 aliphatic carbocycles.